The highest BCUT2D eigenvalue weighted by Gasteiger charge is 2.38. The van der Waals surface area contributed by atoms with E-state index in [1.165, 1.54) is 24.3 Å². The van der Waals surface area contributed by atoms with Crippen molar-refractivity contribution < 1.29 is 17.0 Å². The first-order chi connectivity index (χ1) is 11.6. The van der Waals surface area contributed by atoms with Gasteiger partial charge in [0.15, 0.2) is 0 Å². The molecule has 0 saturated heterocycles. The van der Waals surface area contributed by atoms with E-state index in [1.54, 1.807) is 57.2 Å². The van der Waals surface area contributed by atoms with E-state index in [2.05, 4.69) is 4.72 Å². The number of hydrogen-bond acceptors (Lipinski definition) is 3. The van der Waals surface area contributed by atoms with Crippen LogP contribution in [0.1, 0.15) is 32.4 Å². The minimum atomic E-state index is -4.24. The second kappa shape index (κ2) is 7.76. The van der Waals surface area contributed by atoms with Crippen molar-refractivity contribution in [1.82, 2.24) is 4.72 Å². The van der Waals surface area contributed by atoms with Crippen molar-refractivity contribution in [2.75, 3.05) is 0 Å². The summed E-state index contributed by atoms with van der Waals surface area (Å²) in [5.41, 5.74) is -1.85. The number of benzene rings is 2. The van der Waals surface area contributed by atoms with Crippen LogP contribution in [0.2, 0.25) is 0 Å². The van der Waals surface area contributed by atoms with Crippen LogP contribution in [-0.4, -0.2) is 22.9 Å². The predicted molar refractivity (Wildman–Crippen MR) is 98.7 cm³/mol. The standard InChI is InChI=1S/C18H22FNO3S2/c1-18(2,3)24(21)20-16(14-10-6-4-7-11-14)17(19)25(22,23)15-12-8-5-9-13-15/h4-13,16-17,20H,1-3H3/t16-,17-,24-/m1/s1. The summed E-state index contributed by atoms with van der Waals surface area (Å²) in [5.74, 6) is 0. The minimum absolute atomic E-state index is 0.105. The van der Waals surface area contributed by atoms with Gasteiger partial charge in [0.2, 0.25) is 15.3 Å². The number of rotatable bonds is 6. The molecule has 0 heterocycles. The second-order valence-electron chi connectivity index (χ2n) is 6.60. The molecule has 0 aliphatic carbocycles. The average molecular weight is 384 g/mol. The molecule has 0 unspecified atom stereocenters. The van der Waals surface area contributed by atoms with Crippen molar-refractivity contribution in [3.63, 3.8) is 0 Å². The zero-order valence-electron chi connectivity index (χ0n) is 14.3. The first-order valence-corrected chi connectivity index (χ1v) is 10.5. The topological polar surface area (TPSA) is 63.2 Å². The van der Waals surface area contributed by atoms with Crippen LogP contribution in [0.4, 0.5) is 4.39 Å². The van der Waals surface area contributed by atoms with E-state index in [-0.39, 0.29) is 4.90 Å². The molecule has 1 N–H and O–H groups in total. The molecule has 0 amide bonds. The van der Waals surface area contributed by atoms with Crippen molar-refractivity contribution in [1.29, 1.82) is 0 Å². The second-order valence-corrected chi connectivity index (χ2v) is 10.6. The van der Waals surface area contributed by atoms with Gasteiger partial charge in [-0.3, -0.25) is 0 Å². The molecular formula is C18H22FNO3S2. The lowest BCUT2D eigenvalue weighted by molar-refractivity contribution is 0.354. The van der Waals surface area contributed by atoms with Gasteiger partial charge in [-0.25, -0.2) is 21.7 Å². The molecule has 2 rings (SSSR count). The van der Waals surface area contributed by atoms with Crippen LogP contribution in [0.15, 0.2) is 65.6 Å². The Labute approximate surface area is 151 Å². The molecule has 0 bridgehead atoms. The Morgan fingerprint density at radius 1 is 0.960 bits per heavy atom. The van der Waals surface area contributed by atoms with Crippen LogP contribution < -0.4 is 4.72 Å². The highest BCUT2D eigenvalue weighted by molar-refractivity contribution is 7.92. The van der Waals surface area contributed by atoms with Gasteiger partial charge in [-0.15, -0.1) is 0 Å². The molecule has 136 valence electrons. The number of hydrogen-bond donors (Lipinski definition) is 1. The fraction of sp³-hybridized carbons (Fsp3) is 0.333. The summed E-state index contributed by atoms with van der Waals surface area (Å²) in [6.07, 6.45) is 0. The molecule has 7 heteroatoms. The van der Waals surface area contributed by atoms with Gasteiger partial charge in [0.25, 0.3) is 0 Å². The molecule has 2 aromatic carbocycles. The lowest BCUT2D eigenvalue weighted by Gasteiger charge is -2.26. The van der Waals surface area contributed by atoms with Gasteiger partial charge in [0.05, 0.1) is 26.7 Å². The van der Waals surface area contributed by atoms with Crippen molar-refractivity contribution in [3.8, 4) is 0 Å². The third-order valence-electron chi connectivity index (χ3n) is 3.58. The SMILES string of the molecule is CC(C)(C)[S@@](=O)N[C@H](c1ccccc1)[C@H](F)S(=O)(=O)c1ccccc1. The number of halogens is 1. The van der Waals surface area contributed by atoms with E-state index in [4.69, 9.17) is 0 Å². The van der Waals surface area contributed by atoms with Gasteiger partial charge >= 0.3 is 0 Å². The molecule has 4 nitrogen and oxygen atoms in total. The fourth-order valence-corrected chi connectivity index (χ4v) is 4.45. The molecule has 0 fully saturated rings. The van der Waals surface area contributed by atoms with Gasteiger partial charge in [-0.2, -0.15) is 0 Å². The fourth-order valence-electron chi connectivity index (χ4n) is 2.14. The first-order valence-electron chi connectivity index (χ1n) is 7.80. The van der Waals surface area contributed by atoms with Gasteiger partial charge in [0.1, 0.15) is 0 Å². The normalized spacial score (nSPS) is 16.2. The third-order valence-corrected chi connectivity index (χ3v) is 6.95. The molecule has 0 radical (unpaired) electrons. The average Bonchev–Trinajstić information content (AvgIpc) is 2.59. The van der Waals surface area contributed by atoms with Crippen LogP contribution in [0.5, 0.6) is 0 Å². The third kappa shape index (κ3) is 4.74. The van der Waals surface area contributed by atoms with Gasteiger partial charge < -0.3 is 0 Å². The molecule has 25 heavy (non-hydrogen) atoms. The summed E-state index contributed by atoms with van der Waals surface area (Å²) >= 11 is 0. The zero-order chi connectivity index (χ0) is 18.7. The van der Waals surface area contributed by atoms with E-state index in [0.29, 0.717) is 5.56 Å². The maximum Gasteiger partial charge on any atom is 0.225 e. The Balaban J connectivity index is 2.43. The summed E-state index contributed by atoms with van der Waals surface area (Å²) in [6.45, 7) is 5.20. The monoisotopic (exact) mass is 383 g/mol. The Morgan fingerprint density at radius 2 is 1.44 bits per heavy atom. The van der Waals surface area contributed by atoms with Gasteiger partial charge in [-0.1, -0.05) is 48.5 Å². The molecule has 3 atom stereocenters. The maximum absolute atomic E-state index is 15.2. The van der Waals surface area contributed by atoms with E-state index < -0.39 is 37.1 Å². The first kappa shape index (κ1) is 19.8. The van der Waals surface area contributed by atoms with Gasteiger partial charge in [0, 0.05) is 0 Å². The van der Waals surface area contributed by atoms with E-state index in [1.807, 2.05) is 0 Å². The molecule has 0 aliphatic heterocycles. The zero-order valence-corrected chi connectivity index (χ0v) is 16.0. The lowest BCUT2D eigenvalue weighted by Crippen LogP contribution is -2.41. The quantitative estimate of drug-likeness (QED) is 0.830. The van der Waals surface area contributed by atoms with Crippen LogP contribution in [0, 0.1) is 0 Å². The summed E-state index contributed by atoms with van der Waals surface area (Å²) < 4.78 is 55.0. The summed E-state index contributed by atoms with van der Waals surface area (Å²) in [4.78, 5) is -0.105. The van der Waals surface area contributed by atoms with Crippen LogP contribution in [0.25, 0.3) is 0 Å². The number of alkyl halides is 1. The van der Waals surface area contributed by atoms with Crippen molar-refractivity contribution in [2.45, 2.75) is 42.0 Å². The molecule has 2 aromatic rings. The highest BCUT2D eigenvalue weighted by atomic mass is 32.2. The van der Waals surface area contributed by atoms with Crippen molar-refractivity contribution >= 4 is 20.8 Å². The Morgan fingerprint density at radius 3 is 1.92 bits per heavy atom. The number of sulfone groups is 1. The van der Waals surface area contributed by atoms with Crippen LogP contribution in [0.3, 0.4) is 0 Å². The largest absolute Gasteiger partial charge is 0.242 e. The summed E-state index contributed by atoms with van der Waals surface area (Å²) in [6, 6.07) is 14.6. The lowest BCUT2D eigenvalue weighted by atomic mass is 10.1. The van der Waals surface area contributed by atoms with Crippen molar-refractivity contribution in [2.24, 2.45) is 0 Å². The maximum atomic E-state index is 15.2. The predicted octanol–water partition coefficient (Wildman–Crippen LogP) is 3.55. The Kier molecular flexibility index (Phi) is 6.13. The molecule has 0 saturated carbocycles. The smallest absolute Gasteiger partial charge is 0.225 e. The highest BCUT2D eigenvalue weighted by Crippen LogP contribution is 2.29. The van der Waals surface area contributed by atoms with E-state index >= 15 is 4.39 Å². The van der Waals surface area contributed by atoms with E-state index in [0.717, 1.165) is 0 Å². The number of nitrogens with one attached hydrogen (secondary N) is 1. The van der Waals surface area contributed by atoms with Crippen molar-refractivity contribution in [3.05, 3.63) is 66.2 Å². The minimum Gasteiger partial charge on any atom is -0.242 e. The van der Waals surface area contributed by atoms with E-state index in [9.17, 15) is 12.6 Å². The molecule has 0 spiro atoms. The van der Waals surface area contributed by atoms with Gasteiger partial charge in [-0.05, 0) is 38.5 Å². The molecule has 0 aliphatic rings. The summed E-state index contributed by atoms with van der Waals surface area (Å²) in [5, 5.41) is 0. The van der Waals surface area contributed by atoms with Crippen LogP contribution >= 0.6 is 0 Å². The Hall–Kier alpha value is -1.57. The molecule has 0 aromatic heterocycles. The summed E-state index contributed by atoms with van der Waals surface area (Å²) in [7, 11) is -5.88. The molecular weight excluding hydrogens is 361 g/mol. The van der Waals surface area contributed by atoms with Crippen LogP contribution in [-0.2, 0) is 20.8 Å². The Bertz CT molecular complexity index is 818.